The minimum Gasteiger partial charge on any atom is -0.490 e. The molecule has 0 saturated carbocycles. The van der Waals surface area contributed by atoms with Crippen molar-refractivity contribution in [2.45, 2.75) is 39.2 Å². The van der Waals surface area contributed by atoms with Crippen LogP contribution in [0.5, 0.6) is 5.75 Å². The molecule has 2 nitrogen and oxygen atoms in total. The summed E-state index contributed by atoms with van der Waals surface area (Å²) < 4.78 is 5.68. The minimum atomic E-state index is 0.0765. The van der Waals surface area contributed by atoms with Gasteiger partial charge in [-0.25, -0.2) is 0 Å². The van der Waals surface area contributed by atoms with Crippen LogP contribution in [0.3, 0.4) is 0 Å². The Labute approximate surface area is 125 Å². The second-order valence-corrected chi connectivity index (χ2v) is 6.06. The standard InChI is InChI=1S/C19H20O2/c1-12(2)14-4-6-15(7-5-14)19(20)16-8-9-18-17(11-16)10-13(3)21-18/h4-9,11-13H,10H2,1-3H3. The smallest absolute Gasteiger partial charge is 0.193 e. The number of carbonyl (C=O) groups excluding carboxylic acids is 1. The van der Waals surface area contributed by atoms with Crippen LogP contribution in [0.25, 0.3) is 0 Å². The van der Waals surface area contributed by atoms with E-state index < -0.39 is 0 Å². The number of hydrogen-bond acceptors (Lipinski definition) is 2. The minimum absolute atomic E-state index is 0.0765. The lowest BCUT2D eigenvalue weighted by atomic mass is 9.97. The van der Waals surface area contributed by atoms with Crippen LogP contribution in [-0.4, -0.2) is 11.9 Å². The van der Waals surface area contributed by atoms with Crippen LogP contribution >= 0.6 is 0 Å². The maximum absolute atomic E-state index is 12.6. The molecule has 0 aliphatic carbocycles. The fraction of sp³-hybridized carbons (Fsp3) is 0.316. The molecule has 1 unspecified atom stereocenters. The molecule has 0 amide bonds. The Hall–Kier alpha value is -2.09. The van der Waals surface area contributed by atoms with Gasteiger partial charge in [-0.15, -0.1) is 0 Å². The zero-order valence-corrected chi connectivity index (χ0v) is 12.7. The molecule has 0 aromatic heterocycles. The van der Waals surface area contributed by atoms with Crippen molar-refractivity contribution in [1.29, 1.82) is 0 Å². The first-order chi connectivity index (χ1) is 10.0. The van der Waals surface area contributed by atoms with Gasteiger partial charge < -0.3 is 4.74 Å². The number of rotatable bonds is 3. The molecule has 1 aliphatic heterocycles. The Balaban J connectivity index is 1.87. The first-order valence-electron chi connectivity index (χ1n) is 7.49. The van der Waals surface area contributed by atoms with Gasteiger partial charge in [0.2, 0.25) is 0 Å². The summed E-state index contributed by atoms with van der Waals surface area (Å²) in [7, 11) is 0. The first-order valence-corrected chi connectivity index (χ1v) is 7.49. The Bertz CT molecular complexity index is 668. The number of carbonyl (C=O) groups is 1. The fourth-order valence-electron chi connectivity index (χ4n) is 2.75. The highest BCUT2D eigenvalue weighted by Gasteiger charge is 2.20. The summed E-state index contributed by atoms with van der Waals surface area (Å²) >= 11 is 0. The van der Waals surface area contributed by atoms with Crippen LogP contribution in [0.1, 0.15) is 53.7 Å². The monoisotopic (exact) mass is 280 g/mol. The van der Waals surface area contributed by atoms with Crippen molar-refractivity contribution in [1.82, 2.24) is 0 Å². The molecule has 21 heavy (non-hydrogen) atoms. The normalized spacial score (nSPS) is 16.7. The van der Waals surface area contributed by atoms with Gasteiger partial charge >= 0.3 is 0 Å². The predicted molar refractivity (Wildman–Crippen MR) is 84.2 cm³/mol. The lowest BCUT2D eigenvalue weighted by Crippen LogP contribution is -2.05. The largest absolute Gasteiger partial charge is 0.490 e. The molecule has 1 atom stereocenters. The van der Waals surface area contributed by atoms with Crippen LogP contribution in [0.15, 0.2) is 42.5 Å². The SMILES string of the molecule is CC1Cc2cc(C(=O)c3ccc(C(C)C)cc3)ccc2O1. The molecule has 1 aliphatic rings. The van der Waals surface area contributed by atoms with Gasteiger partial charge in [-0.3, -0.25) is 4.79 Å². The second kappa shape index (κ2) is 5.36. The quantitative estimate of drug-likeness (QED) is 0.781. The van der Waals surface area contributed by atoms with Gasteiger partial charge in [0.05, 0.1) is 0 Å². The molecule has 0 fully saturated rings. The molecule has 0 spiro atoms. The van der Waals surface area contributed by atoms with Crippen molar-refractivity contribution in [2.24, 2.45) is 0 Å². The second-order valence-electron chi connectivity index (χ2n) is 6.06. The number of hydrogen-bond donors (Lipinski definition) is 0. The summed E-state index contributed by atoms with van der Waals surface area (Å²) in [5.74, 6) is 1.47. The van der Waals surface area contributed by atoms with Crippen molar-refractivity contribution in [3.05, 3.63) is 64.7 Å². The molecule has 0 saturated heterocycles. The van der Waals surface area contributed by atoms with E-state index in [1.807, 2.05) is 49.4 Å². The molecule has 0 N–H and O–H groups in total. The topological polar surface area (TPSA) is 26.3 Å². The maximum Gasteiger partial charge on any atom is 0.193 e. The number of fused-ring (bicyclic) bond motifs is 1. The summed E-state index contributed by atoms with van der Waals surface area (Å²) in [4.78, 5) is 12.6. The molecule has 2 aromatic rings. The van der Waals surface area contributed by atoms with Crippen molar-refractivity contribution in [3.63, 3.8) is 0 Å². The maximum atomic E-state index is 12.6. The van der Waals surface area contributed by atoms with E-state index in [-0.39, 0.29) is 11.9 Å². The third kappa shape index (κ3) is 2.71. The predicted octanol–water partition coefficient (Wildman–Crippen LogP) is 4.36. The average molecular weight is 280 g/mol. The lowest BCUT2D eigenvalue weighted by molar-refractivity contribution is 0.103. The highest BCUT2D eigenvalue weighted by molar-refractivity contribution is 6.09. The Morgan fingerprint density at radius 2 is 1.76 bits per heavy atom. The molecule has 0 radical (unpaired) electrons. The van der Waals surface area contributed by atoms with Gasteiger partial charge in [-0.1, -0.05) is 38.1 Å². The summed E-state index contributed by atoms with van der Waals surface area (Å²) in [6.07, 6.45) is 1.08. The molecule has 1 heterocycles. The van der Waals surface area contributed by atoms with Crippen LogP contribution in [-0.2, 0) is 6.42 Å². The van der Waals surface area contributed by atoms with E-state index in [0.717, 1.165) is 28.9 Å². The van der Waals surface area contributed by atoms with Crippen LogP contribution in [0, 0.1) is 0 Å². The molecule has 108 valence electrons. The van der Waals surface area contributed by atoms with Crippen LogP contribution in [0.4, 0.5) is 0 Å². The van der Waals surface area contributed by atoms with Gasteiger partial charge in [-0.05, 0) is 42.2 Å². The number of ketones is 1. The molecule has 2 aromatic carbocycles. The first kappa shape index (κ1) is 13.9. The third-order valence-electron chi connectivity index (χ3n) is 4.00. The van der Waals surface area contributed by atoms with E-state index in [1.165, 1.54) is 5.56 Å². The van der Waals surface area contributed by atoms with Crippen molar-refractivity contribution < 1.29 is 9.53 Å². The zero-order valence-electron chi connectivity index (χ0n) is 12.7. The highest BCUT2D eigenvalue weighted by atomic mass is 16.5. The van der Waals surface area contributed by atoms with Crippen LogP contribution < -0.4 is 4.74 Å². The molecular formula is C19H20O2. The van der Waals surface area contributed by atoms with Gasteiger partial charge in [0, 0.05) is 17.5 Å². The Kier molecular flexibility index (Phi) is 3.54. The summed E-state index contributed by atoms with van der Waals surface area (Å²) in [6.45, 7) is 6.35. The van der Waals surface area contributed by atoms with E-state index in [1.54, 1.807) is 0 Å². The summed E-state index contributed by atoms with van der Waals surface area (Å²) in [5.41, 5.74) is 3.87. The Morgan fingerprint density at radius 1 is 1.10 bits per heavy atom. The van der Waals surface area contributed by atoms with Crippen molar-refractivity contribution in [2.75, 3.05) is 0 Å². The van der Waals surface area contributed by atoms with E-state index in [2.05, 4.69) is 13.8 Å². The van der Waals surface area contributed by atoms with Crippen molar-refractivity contribution in [3.8, 4) is 5.75 Å². The van der Waals surface area contributed by atoms with E-state index in [9.17, 15) is 4.79 Å². The van der Waals surface area contributed by atoms with Gasteiger partial charge in [0.25, 0.3) is 0 Å². The van der Waals surface area contributed by atoms with E-state index >= 15 is 0 Å². The molecule has 3 rings (SSSR count). The fourth-order valence-corrected chi connectivity index (χ4v) is 2.75. The summed E-state index contributed by atoms with van der Waals surface area (Å²) in [5, 5.41) is 0. The number of benzene rings is 2. The van der Waals surface area contributed by atoms with Crippen molar-refractivity contribution >= 4 is 5.78 Å². The van der Waals surface area contributed by atoms with E-state index in [0.29, 0.717) is 5.92 Å². The zero-order chi connectivity index (χ0) is 15.0. The third-order valence-corrected chi connectivity index (χ3v) is 4.00. The lowest BCUT2D eigenvalue weighted by Gasteiger charge is -2.07. The van der Waals surface area contributed by atoms with Gasteiger partial charge in [-0.2, -0.15) is 0 Å². The molecular weight excluding hydrogens is 260 g/mol. The molecule has 2 heteroatoms. The van der Waals surface area contributed by atoms with E-state index in [4.69, 9.17) is 4.74 Å². The highest BCUT2D eigenvalue weighted by Crippen LogP contribution is 2.30. The average Bonchev–Trinajstić information content (AvgIpc) is 2.85. The molecule has 0 bridgehead atoms. The number of ether oxygens (including phenoxy) is 1. The van der Waals surface area contributed by atoms with Gasteiger partial charge in [0.15, 0.2) is 5.78 Å². The summed E-state index contributed by atoms with van der Waals surface area (Å²) in [6, 6.07) is 13.7. The van der Waals surface area contributed by atoms with Gasteiger partial charge in [0.1, 0.15) is 11.9 Å². The Morgan fingerprint density at radius 3 is 2.43 bits per heavy atom. The van der Waals surface area contributed by atoms with Crippen LogP contribution in [0.2, 0.25) is 0 Å².